The molecule has 1 unspecified atom stereocenters. The lowest BCUT2D eigenvalue weighted by atomic mass is 9.92. The van der Waals surface area contributed by atoms with E-state index in [4.69, 9.17) is 0 Å². The predicted octanol–water partition coefficient (Wildman–Crippen LogP) is 2.67. The lowest BCUT2D eigenvalue weighted by Crippen LogP contribution is -2.38. The third-order valence-electron chi connectivity index (χ3n) is 4.19. The molecule has 1 aromatic carbocycles. The average Bonchev–Trinajstić information content (AvgIpc) is 2.45. The van der Waals surface area contributed by atoms with Crippen molar-refractivity contribution in [3.63, 3.8) is 0 Å². The van der Waals surface area contributed by atoms with Gasteiger partial charge in [-0.2, -0.15) is 0 Å². The Labute approximate surface area is 125 Å². The Morgan fingerprint density at radius 1 is 1.29 bits per heavy atom. The van der Waals surface area contributed by atoms with Gasteiger partial charge in [-0.05, 0) is 49.9 Å². The van der Waals surface area contributed by atoms with Crippen LogP contribution >= 0.6 is 0 Å². The van der Waals surface area contributed by atoms with Crippen LogP contribution in [0, 0.1) is 17.6 Å². The van der Waals surface area contributed by atoms with Crippen LogP contribution in [-0.2, 0) is 6.54 Å². The van der Waals surface area contributed by atoms with Crippen molar-refractivity contribution < 1.29 is 13.9 Å². The van der Waals surface area contributed by atoms with Crippen molar-refractivity contribution in [2.75, 3.05) is 24.5 Å². The van der Waals surface area contributed by atoms with Crippen LogP contribution in [0.15, 0.2) is 12.1 Å². The van der Waals surface area contributed by atoms with Crippen LogP contribution in [0.1, 0.15) is 32.3 Å². The molecule has 1 heterocycles. The van der Waals surface area contributed by atoms with Crippen LogP contribution in [0.2, 0.25) is 0 Å². The Hall–Kier alpha value is -1.20. The topological polar surface area (TPSA) is 35.5 Å². The number of halogens is 2. The maximum Gasteiger partial charge on any atom is 0.149 e. The summed E-state index contributed by atoms with van der Waals surface area (Å²) in [5.74, 6) is -0.780. The van der Waals surface area contributed by atoms with E-state index in [0.29, 0.717) is 25.2 Å². The van der Waals surface area contributed by atoms with E-state index in [2.05, 4.69) is 5.32 Å². The Morgan fingerprint density at radius 2 is 1.86 bits per heavy atom. The first-order chi connectivity index (χ1) is 10.0. The van der Waals surface area contributed by atoms with Gasteiger partial charge in [-0.1, -0.05) is 6.92 Å². The van der Waals surface area contributed by atoms with Gasteiger partial charge < -0.3 is 15.3 Å². The van der Waals surface area contributed by atoms with Gasteiger partial charge in [0.05, 0.1) is 6.10 Å². The molecule has 118 valence electrons. The first-order valence-corrected chi connectivity index (χ1v) is 7.64. The third kappa shape index (κ3) is 3.92. The van der Waals surface area contributed by atoms with Crippen LogP contribution < -0.4 is 10.2 Å². The first kappa shape index (κ1) is 16.2. The van der Waals surface area contributed by atoms with Crippen LogP contribution in [0.4, 0.5) is 14.5 Å². The molecule has 3 nitrogen and oxygen atoms in total. The summed E-state index contributed by atoms with van der Waals surface area (Å²) in [5, 5.41) is 12.6. The summed E-state index contributed by atoms with van der Waals surface area (Å²) in [4.78, 5) is 1.75. The molecule has 0 amide bonds. The zero-order valence-corrected chi connectivity index (χ0v) is 12.7. The van der Waals surface area contributed by atoms with Crippen molar-refractivity contribution in [1.29, 1.82) is 0 Å². The standard InChI is InChI=1S/C16H24F2N2O/c1-3-19-10-12-8-14(17)16(15(18)9-12)20-6-4-13(5-7-20)11(2)21/h8-9,11,13,19,21H,3-7,10H2,1-2H3. The second kappa shape index (κ2) is 7.18. The zero-order chi connectivity index (χ0) is 15.4. The Kier molecular flexibility index (Phi) is 5.53. The zero-order valence-electron chi connectivity index (χ0n) is 12.7. The number of piperidine rings is 1. The molecule has 0 spiro atoms. The minimum absolute atomic E-state index is 0.0688. The van der Waals surface area contributed by atoms with E-state index in [1.807, 2.05) is 6.92 Å². The van der Waals surface area contributed by atoms with Gasteiger partial charge in [-0.15, -0.1) is 0 Å². The van der Waals surface area contributed by atoms with Gasteiger partial charge in [0.2, 0.25) is 0 Å². The van der Waals surface area contributed by atoms with Crippen LogP contribution in [0.25, 0.3) is 0 Å². The number of hydrogen-bond donors (Lipinski definition) is 2. The molecule has 1 aromatic rings. The molecule has 0 saturated carbocycles. The molecule has 0 aliphatic carbocycles. The molecule has 1 aliphatic heterocycles. The molecule has 2 rings (SSSR count). The number of anilines is 1. The number of aliphatic hydroxyl groups excluding tert-OH is 1. The molecular weight excluding hydrogens is 274 g/mol. The van der Waals surface area contributed by atoms with E-state index in [1.165, 1.54) is 12.1 Å². The summed E-state index contributed by atoms with van der Waals surface area (Å²) in [6.07, 6.45) is 1.16. The Morgan fingerprint density at radius 3 is 2.33 bits per heavy atom. The molecule has 0 aromatic heterocycles. The molecule has 5 heteroatoms. The van der Waals surface area contributed by atoms with Crippen molar-refractivity contribution in [3.8, 4) is 0 Å². The summed E-state index contributed by atoms with van der Waals surface area (Å²) >= 11 is 0. The maximum absolute atomic E-state index is 14.2. The van der Waals surface area contributed by atoms with Gasteiger partial charge in [-0.3, -0.25) is 0 Å². The average molecular weight is 298 g/mol. The SMILES string of the molecule is CCNCc1cc(F)c(N2CCC(C(C)O)CC2)c(F)c1. The Bertz CT molecular complexity index is 448. The number of nitrogens with zero attached hydrogens (tertiary/aromatic N) is 1. The van der Waals surface area contributed by atoms with Gasteiger partial charge in [-0.25, -0.2) is 8.78 Å². The van der Waals surface area contributed by atoms with Crippen molar-refractivity contribution in [1.82, 2.24) is 5.32 Å². The monoisotopic (exact) mass is 298 g/mol. The third-order valence-corrected chi connectivity index (χ3v) is 4.19. The van der Waals surface area contributed by atoms with E-state index in [1.54, 1.807) is 11.8 Å². The van der Waals surface area contributed by atoms with Gasteiger partial charge in [0.1, 0.15) is 17.3 Å². The fourth-order valence-corrected chi connectivity index (χ4v) is 2.90. The Balaban J connectivity index is 2.10. The van der Waals surface area contributed by atoms with Gasteiger partial charge in [0.15, 0.2) is 0 Å². The highest BCUT2D eigenvalue weighted by Crippen LogP contribution is 2.30. The largest absolute Gasteiger partial charge is 0.393 e. The van der Waals surface area contributed by atoms with E-state index < -0.39 is 11.6 Å². The molecule has 0 bridgehead atoms. The van der Waals surface area contributed by atoms with Crippen molar-refractivity contribution in [3.05, 3.63) is 29.3 Å². The summed E-state index contributed by atoms with van der Waals surface area (Å²) in [5.41, 5.74) is 0.689. The van der Waals surface area contributed by atoms with Crippen molar-refractivity contribution in [2.45, 2.75) is 39.3 Å². The number of hydrogen-bond acceptors (Lipinski definition) is 3. The second-order valence-electron chi connectivity index (χ2n) is 5.75. The van der Waals surface area contributed by atoms with E-state index in [9.17, 15) is 13.9 Å². The molecule has 21 heavy (non-hydrogen) atoms. The lowest BCUT2D eigenvalue weighted by molar-refractivity contribution is 0.109. The molecule has 1 aliphatic rings. The van der Waals surface area contributed by atoms with Crippen molar-refractivity contribution >= 4 is 5.69 Å². The fraction of sp³-hybridized carbons (Fsp3) is 0.625. The number of rotatable bonds is 5. The second-order valence-corrected chi connectivity index (χ2v) is 5.75. The quantitative estimate of drug-likeness (QED) is 0.877. The minimum atomic E-state index is -0.501. The number of benzene rings is 1. The van der Waals surface area contributed by atoms with Crippen LogP contribution in [0.3, 0.4) is 0 Å². The highest BCUT2D eigenvalue weighted by molar-refractivity contribution is 5.51. The molecular formula is C16H24F2N2O. The highest BCUT2D eigenvalue weighted by atomic mass is 19.1. The van der Waals surface area contributed by atoms with Crippen LogP contribution in [-0.4, -0.2) is 30.8 Å². The molecule has 0 radical (unpaired) electrons. The van der Waals surface area contributed by atoms with E-state index in [0.717, 1.165) is 19.4 Å². The molecule has 2 N–H and O–H groups in total. The van der Waals surface area contributed by atoms with E-state index in [-0.39, 0.29) is 17.7 Å². The fourth-order valence-electron chi connectivity index (χ4n) is 2.90. The predicted molar refractivity (Wildman–Crippen MR) is 80.4 cm³/mol. The molecule has 1 saturated heterocycles. The number of nitrogens with one attached hydrogen (secondary N) is 1. The van der Waals surface area contributed by atoms with Crippen molar-refractivity contribution in [2.24, 2.45) is 5.92 Å². The first-order valence-electron chi connectivity index (χ1n) is 7.64. The summed E-state index contributed by atoms with van der Waals surface area (Å²) in [6.45, 7) is 6.11. The summed E-state index contributed by atoms with van der Waals surface area (Å²) < 4.78 is 28.4. The summed E-state index contributed by atoms with van der Waals surface area (Å²) in [6, 6.07) is 2.81. The highest BCUT2D eigenvalue weighted by Gasteiger charge is 2.26. The smallest absolute Gasteiger partial charge is 0.149 e. The molecule has 1 fully saturated rings. The van der Waals surface area contributed by atoms with Gasteiger partial charge in [0.25, 0.3) is 0 Å². The van der Waals surface area contributed by atoms with Gasteiger partial charge >= 0.3 is 0 Å². The van der Waals surface area contributed by atoms with Gasteiger partial charge in [0, 0.05) is 19.6 Å². The lowest BCUT2D eigenvalue weighted by Gasteiger charge is -2.35. The summed E-state index contributed by atoms with van der Waals surface area (Å²) in [7, 11) is 0. The van der Waals surface area contributed by atoms with Crippen LogP contribution in [0.5, 0.6) is 0 Å². The molecule has 1 atom stereocenters. The minimum Gasteiger partial charge on any atom is -0.393 e. The normalized spacial score (nSPS) is 18.0. The number of aliphatic hydroxyl groups is 1. The van der Waals surface area contributed by atoms with E-state index >= 15 is 0 Å². The maximum atomic E-state index is 14.2.